The van der Waals surface area contributed by atoms with E-state index in [1.807, 2.05) is 0 Å². The molecule has 17 nitrogen and oxygen atoms in total. The van der Waals surface area contributed by atoms with Gasteiger partial charge in [-0.3, -0.25) is 18.7 Å². The number of carbonyl (C=O) groups is 2. The van der Waals surface area contributed by atoms with E-state index < -0.39 is 48.7 Å². The molecule has 0 fully saturated rings. The Hall–Kier alpha value is -7.58. The molecule has 0 bridgehead atoms. The number of anilines is 3. The molecule has 0 aliphatic rings. The predicted molar refractivity (Wildman–Crippen MR) is 220 cm³/mol. The maximum absolute atomic E-state index is 13.2. The van der Waals surface area contributed by atoms with Crippen molar-refractivity contribution >= 4 is 93.7 Å². The fourth-order valence-corrected chi connectivity index (χ4v) is 6.84. The third-order valence-corrected chi connectivity index (χ3v) is 9.82. The molecule has 0 heterocycles. The Morgan fingerprint density at radius 3 is 1.76 bits per heavy atom. The standard InChI is InChI=1S/C40H29N7O10S2/c41-27-11-6-23(7-12-27)39(49)43-31-15-17-32-26(21-31)22-35(58(51,52)53)36(37(32)48)47-45-29-13-8-24(9-14-29)40(50)42-30-16-18-33-25(20-30)10-19-34(38(33)57-59(54,55)56)46-44-28-4-2-1-3-5-28/h1-22,48H,41H2,(H,42,50)(H,43,49)(H,51,52,53)(H,54,55,56). The van der Waals surface area contributed by atoms with Gasteiger partial charge < -0.3 is 25.7 Å². The fraction of sp³-hybridized carbons (Fsp3) is 0. The lowest BCUT2D eigenvalue weighted by atomic mass is 10.1. The minimum Gasteiger partial charge on any atom is -0.505 e. The summed E-state index contributed by atoms with van der Waals surface area (Å²) in [5.41, 5.74) is 7.37. The summed E-state index contributed by atoms with van der Waals surface area (Å²) in [4.78, 5) is 25.1. The van der Waals surface area contributed by atoms with Crippen molar-refractivity contribution in [1.82, 2.24) is 0 Å². The minimum absolute atomic E-state index is 0.0187. The molecule has 0 aliphatic heterocycles. The summed E-state index contributed by atoms with van der Waals surface area (Å²) in [6.45, 7) is 0. The number of phenols is 1. The minimum atomic E-state index is -4.95. The van der Waals surface area contributed by atoms with Crippen LogP contribution in [0.3, 0.4) is 0 Å². The summed E-state index contributed by atoms with van der Waals surface area (Å²) in [6.07, 6.45) is 0. The van der Waals surface area contributed by atoms with Crippen LogP contribution >= 0.6 is 0 Å². The summed E-state index contributed by atoms with van der Waals surface area (Å²) < 4.78 is 72.6. The number of fused-ring (bicyclic) bond motifs is 2. The lowest BCUT2D eigenvalue weighted by Crippen LogP contribution is -2.11. The Balaban J connectivity index is 1.09. The van der Waals surface area contributed by atoms with E-state index in [2.05, 4.69) is 31.1 Å². The van der Waals surface area contributed by atoms with Crippen LogP contribution in [0.1, 0.15) is 20.7 Å². The van der Waals surface area contributed by atoms with E-state index in [4.69, 9.17) is 9.92 Å². The number of nitrogen functional groups attached to an aromatic ring is 1. The number of benzene rings is 7. The smallest absolute Gasteiger partial charge is 0.446 e. The van der Waals surface area contributed by atoms with E-state index in [0.29, 0.717) is 28.0 Å². The van der Waals surface area contributed by atoms with Gasteiger partial charge in [0, 0.05) is 39.0 Å². The van der Waals surface area contributed by atoms with Crippen molar-refractivity contribution in [2.45, 2.75) is 4.90 Å². The molecule has 296 valence electrons. The van der Waals surface area contributed by atoms with Crippen molar-refractivity contribution in [3.63, 3.8) is 0 Å². The summed E-state index contributed by atoms with van der Waals surface area (Å²) in [7, 11) is -9.89. The van der Waals surface area contributed by atoms with E-state index in [1.54, 1.807) is 54.6 Å². The van der Waals surface area contributed by atoms with Gasteiger partial charge in [-0.2, -0.15) is 27.1 Å². The van der Waals surface area contributed by atoms with E-state index in [-0.39, 0.29) is 44.5 Å². The number of hydrogen-bond donors (Lipinski definition) is 6. The molecule has 7 N–H and O–H groups in total. The molecule has 7 aromatic rings. The first kappa shape index (κ1) is 39.6. The number of aromatic hydroxyl groups is 1. The molecule has 0 saturated carbocycles. The molecular formula is C40H29N7O10S2. The SMILES string of the molecule is Nc1ccc(C(=O)Nc2ccc3c(O)c(N=Nc4ccc(C(=O)Nc5ccc6c(OS(=O)(=O)O)c(N=Nc7ccccc7)ccc6c5)cc4)c(S(=O)(=O)O)cc3c2)cc1. The van der Waals surface area contributed by atoms with Crippen LogP contribution in [0.15, 0.2) is 159 Å². The maximum Gasteiger partial charge on any atom is 0.446 e. The average molecular weight is 832 g/mol. The molecule has 0 radical (unpaired) electrons. The van der Waals surface area contributed by atoms with E-state index in [9.17, 15) is 40.6 Å². The van der Waals surface area contributed by atoms with Crippen molar-refractivity contribution in [3.8, 4) is 11.5 Å². The Morgan fingerprint density at radius 2 is 1.15 bits per heavy atom. The first-order chi connectivity index (χ1) is 28.1. The number of nitrogens with zero attached hydrogens (tertiary/aromatic N) is 4. The predicted octanol–water partition coefficient (Wildman–Crippen LogP) is 9.04. The monoisotopic (exact) mass is 831 g/mol. The van der Waals surface area contributed by atoms with Gasteiger partial charge in [-0.15, -0.1) is 10.2 Å². The van der Waals surface area contributed by atoms with Crippen molar-refractivity contribution < 1.29 is 44.8 Å². The lowest BCUT2D eigenvalue weighted by Gasteiger charge is -2.11. The van der Waals surface area contributed by atoms with Crippen LogP contribution < -0.4 is 20.6 Å². The molecular weight excluding hydrogens is 803 g/mol. The molecule has 0 saturated heterocycles. The van der Waals surface area contributed by atoms with Crippen LogP contribution in [0.25, 0.3) is 21.5 Å². The van der Waals surface area contributed by atoms with Gasteiger partial charge in [-0.05, 0) is 120 Å². The highest BCUT2D eigenvalue weighted by Gasteiger charge is 2.23. The highest BCUT2D eigenvalue weighted by atomic mass is 32.3. The summed E-state index contributed by atoms with van der Waals surface area (Å²) in [6, 6.07) is 33.4. The number of hydrogen-bond acceptors (Lipinski definition) is 13. The Labute approximate surface area is 335 Å². The van der Waals surface area contributed by atoms with Gasteiger partial charge in [0.05, 0.1) is 11.4 Å². The summed E-state index contributed by atoms with van der Waals surface area (Å²) >= 11 is 0. The van der Waals surface area contributed by atoms with Gasteiger partial charge in [0.15, 0.2) is 11.5 Å². The molecule has 7 rings (SSSR count). The molecule has 0 atom stereocenters. The second-order valence-electron chi connectivity index (χ2n) is 12.7. The van der Waals surface area contributed by atoms with Crippen LogP contribution in [0.4, 0.5) is 39.8 Å². The number of carbonyl (C=O) groups excluding carboxylic acids is 2. The van der Waals surface area contributed by atoms with Gasteiger partial charge in [0.25, 0.3) is 21.9 Å². The average Bonchev–Trinajstić information content (AvgIpc) is 3.20. The van der Waals surface area contributed by atoms with Crippen LogP contribution in [0.2, 0.25) is 0 Å². The fourth-order valence-electron chi connectivity index (χ4n) is 5.80. The van der Waals surface area contributed by atoms with Crippen LogP contribution in [-0.4, -0.2) is 42.9 Å². The Morgan fingerprint density at radius 1 is 0.593 bits per heavy atom. The largest absolute Gasteiger partial charge is 0.505 e. The molecule has 0 spiro atoms. The summed E-state index contributed by atoms with van der Waals surface area (Å²) in [5, 5.41) is 33.6. The second-order valence-corrected chi connectivity index (χ2v) is 15.1. The quantitative estimate of drug-likeness (QED) is 0.0406. The van der Waals surface area contributed by atoms with E-state index in [0.717, 1.165) is 6.07 Å². The molecule has 0 aliphatic carbocycles. The number of nitrogens with two attached hydrogens (primary N) is 1. The van der Waals surface area contributed by atoms with E-state index in [1.165, 1.54) is 72.8 Å². The number of amides is 2. The van der Waals surface area contributed by atoms with Crippen LogP contribution in [0, 0.1) is 0 Å². The molecule has 0 aromatic heterocycles. The van der Waals surface area contributed by atoms with Crippen LogP contribution in [0.5, 0.6) is 11.5 Å². The Kier molecular flexibility index (Phi) is 10.8. The number of nitrogens with one attached hydrogen (secondary N) is 2. The van der Waals surface area contributed by atoms with Crippen molar-refractivity contribution in [3.05, 3.63) is 145 Å². The van der Waals surface area contributed by atoms with Gasteiger partial charge in [0.1, 0.15) is 16.3 Å². The topological polar surface area (TPSA) is 272 Å². The molecule has 19 heteroatoms. The number of phenolic OH excluding ortho intramolecular Hbond substituents is 1. The van der Waals surface area contributed by atoms with Gasteiger partial charge in [-0.1, -0.05) is 24.3 Å². The first-order valence-corrected chi connectivity index (χ1v) is 19.9. The highest BCUT2D eigenvalue weighted by molar-refractivity contribution is 7.86. The van der Waals surface area contributed by atoms with Crippen LogP contribution in [-0.2, 0) is 20.5 Å². The van der Waals surface area contributed by atoms with Gasteiger partial charge >= 0.3 is 10.4 Å². The molecule has 2 amide bonds. The zero-order chi connectivity index (χ0) is 41.9. The van der Waals surface area contributed by atoms with Gasteiger partial charge in [-0.25, -0.2) is 0 Å². The number of azo groups is 2. The molecule has 7 aromatic carbocycles. The third-order valence-electron chi connectivity index (χ3n) is 8.58. The normalized spacial score (nSPS) is 12.0. The molecule has 59 heavy (non-hydrogen) atoms. The Bertz CT molecular complexity index is 3070. The van der Waals surface area contributed by atoms with E-state index >= 15 is 0 Å². The highest BCUT2D eigenvalue weighted by Crippen LogP contribution is 2.42. The zero-order valence-corrected chi connectivity index (χ0v) is 31.7. The third kappa shape index (κ3) is 9.35. The lowest BCUT2D eigenvalue weighted by molar-refractivity contribution is 0.101. The molecule has 0 unspecified atom stereocenters. The first-order valence-electron chi connectivity index (χ1n) is 17.1. The van der Waals surface area contributed by atoms with Crippen molar-refractivity contribution in [2.24, 2.45) is 20.5 Å². The maximum atomic E-state index is 13.2. The summed E-state index contributed by atoms with van der Waals surface area (Å²) in [5.74, 6) is -1.89. The van der Waals surface area contributed by atoms with Crippen molar-refractivity contribution in [2.75, 3.05) is 16.4 Å². The second kappa shape index (κ2) is 16.1. The number of rotatable bonds is 11. The van der Waals surface area contributed by atoms with Crippen molar-refractivity contribution in [1.29, 1.82) is 0 Å². The zero-order valence-electron chi connectivity index (χ0n) is 30.1. The van der Waals surface area contributed by atoms with Gasteiger partial charge in [0.2, 0.25) is 0 Å².